The highest BCUT2D eigenvalue weighted by Crippen LogP contribution is 2.49. The molecule has 0 heterocycles. The number of ether oxygens (including phenoxy) is 1. The first-order valence-electron chi connectivity index (χ1n) is 8.53. The zero-order valence-corrected chi connectivity index (χ0v) is 14.9. The van der Waals surface area contributed by atoms with Crippen molar-refractivity contribution in [1.82, 2.24) is 0 Å². The van der Waals surface area contributed by atoms with Crippen molar-refractivity contribution in [2.45, 2.75) is 39.0 Å². The molecule has 4 heteroatoms. The fourth-order valence-corrected chi connectivity index (χ4v) is 3.31. The van der Waals surface area contributed by atoms with Crippen LogP contribution in [0.5, 0.6) is 0 Å². The molecule has 130 valence electrons. The average Bonchev–Trinajstić information content (AvgIpc) is 3.38. The highest BCUT2D eigenvalue weighted by Gasteiger charge is 2.52. The van der Waals surface area contributed by atoms with E-state index in [1.165, 1.54) is 0 Å². The fourth-order valence-electron chi connectivity index (χ4n) is 3.31. The Balaban J connectivity index is 1.61. The first-order chi connectivity index (χ1) is 11.9. The van der Waals surface area contributed by atoms with Crippen molar-refractivity contribution in [1.29, 1.82) is 0 Å². The van der Waals surface area contributed by atoms with Crippen LogP contribution in [0.1, 0.15) is 35.1 Å². The van der Waals surface area contributed by atoms with Crippen LogP contribution in [-0.2, 0) is 19.7 Å². The molecule has 4 nitrogen and oxygen atoms in total. The largest absolute Gasteiger partial charge is 0.455 e. The van der Waals surface area contributed by atoms with Gasteiger partial charge < -0.3 is 10.1 Å². The molecule has 2 aromatic carbocycles. The molecule has 0 saturated heterocycles. The Bertz CT molecular complexity index is 784. The summed E-state index contributed by atoms with van der Waals surface area (Å²) < 4.78 is 5.31. The normalized spacial score (nSPS) is 14.7. The molecular weight excluding hydrogens is 314 g/mol. The summed E-state index contributed by atoms with van der Waals surface area (Å²) in [5, 5.41) is 2.86. The molecule has 0 atom stereocenters. The molecule has 1 amide bonds. The van der Waals surface area contributed by atoms with Gasteiger partial charge in [-0.3, -0.25) is 9.59 Å². The first kappa shape index (κ1) is 17.2. The van der Waals surface area contributed by atoms with Gasteiger partial charge in [0, 0.05) is 5.69 Å². The standard InChI is InChI=1S/C21H23NO3/c1-14-11-15(2)19(16(3)12-14)22-18(23)13-25-20(24)21(9-10-21)17-7-5-4-6-8-17/h4-8,11-12H,9-10,13H2,1-3H3,(H,22,23). The number of rotatable bonds is 5. The lowest BCUT2D eigenvalue weighted by Crippen LogP contribution is -2.28. The molecule has 0 spiro atoms. The highest BCUT2D eigenvalue weighted by atomic mass is 16.5. The van der Waals surface area contributed by atoms with Crippen LogP contribution >= 0.6 is 0 Å². The van der Waals surface area contributed by atoms with Crippen molar-refractivity contribution in [3.8, 4) is 0 Å². The van der Waals surface area contributed by atoms with Gasteiger partial charge in [0.25, 0.3) is 5.91 Å². The Kier molecular flexibility index (Phi) is 4.62. The maximum Gasteiger partial charge on any atom is 0.317 e. The lowest BCUT2D eigenvalue weighted by Gasteiger charge is -2.16. The van der Waals surface area contributed by atoms with E-state index in [9.17, 15) is 9.59 Å². The van der Waals surface area contributed by atoms with Crippen molar-refractivity contribution in [3.05, 3.63) is 64.7 Å². The second-order valence-corrected chi connectivity index (χ2v) is 6.85. The molecule has 0 aromatic heterocycles. The zero-order chi connectivity index (χ0) is 18.0. The molecule has 1 fully saturated rings. The van der Waals surface area contributed by atoms with Crippen molar-refractivity contribution < 1.29 is 14.3 Å². The van der Waals surface area contributed by atoms with Gasteiger partial charge in [-0.2, -0.15) is 0 Å². The number of nitrogens with one attached hydrogen (secondary N) is 1. The number of carbonyl (C=O) groups excluding carboxylic acids is 2. The molecule has 1 aliphatic rings. The summed E-state index contributed by atoms with van der Waals surface area (Å²) >= 11 is 0. The van der Waals surface area contributed by atoms with Gasteiger partial charge in [0.05, 0.1) is 5.41 Å². The van der Waals surface area contributed by atoms with E-state index in [1.54, 1.807) is 0 Å². The molecule has 25 heavy (non-hydrogen) atoms. The van der Waals surface area contributed by atoms with Crippen LogP contribution in [0.15, 0.2) is 42.5 Å². The van der Waals surface area contributed by atoms with Crippen LogP contribution in [0.25, 0.3) is 0 Å². The molecule has 1 saturated carbocycles. The quantitative estimate of drug-likeness (QED) is 0.844. The third-order valence-corrected chi connectivity index (χ3v) is 4.74. The van der Waals surface area contributed by atoms with Crippen molar-refractivity contribution >= 4 is 17.6 Å². The third-order valence-electron chi connectivity index (χ3n) is 4.74. The van der Waals surface area contributed by atoms with Gasteiger partial charge in [0.1, 0.15) is 0 Å². The van der Waals surface area contributed by atoms with Gasteiger partial charge in [-0.15, -0.1) is 0 Å². The average molecular weight is 337 g/mol. The molecule has 0 unspecified atom stereocenters. The van der Waals surface area contributed by atoms with Crippen LogP contribution < -0.4 is 5.32 Å². The summed E-state index contributed by atoms with van der Waals surface area (Å²) in [5.41, 5.74) is 4.34. The molecule has 1 aliphatic carbocycles. The fraction of sp³-hybridized carbons (Fsp3) is 0.333. The number of esters is 1. The van der Waals surface area contributed by atoms with E-state index in [-0.39, 0.29) is 18.5 Å². The monoisotopic (exact) mass is 337 g/mol. The lowest BCUT2D eigenvalue weighted by molar-refractivity contribution is -0.150. The van der Waals surface area contributed by atoms with Gasteiger partial charge in [-0.1, -0.05) is 48.0 Å². The molecule has 1 N–H and O–H groups in total. The maximum absolute atomic E-state index is 12.5. The SMILES string of the molecule is Cc1cc(C)c(NC(=O)COC(=O)C2(c3ccccc3)CC2)c(C)c1. The highest BCUT2D eigenvalue weighted by molar-refractivity contribution is 5.95. The van der Waals surface area contributed by atoms with Crippen LogP contribution in [0.4, 0.5) is 5.69 Å². The second-order valence-electron chi connectivity index (χ2n) is 6.85. The molecule has 3 rings (SSSR count). The van der Waals surface area contributed by atoms with Gasteiger partial charge in [-0.25, -0.2) is 0 Å². The van der Waals surface area contributed by atoms with E-state index in [1.807, 2.05) is 63.2 Å². The zero-order valence-electron chi connectivity index (χ0n) is 14.9. The topological polar surface area (TPSA) is 55.4 Å². The van der Waals surface area contributed by atoms with Crippen LogP contribution in [0.2, 0.25) is 0 Å². The van der Waals surface area contributed by atoms with E-state index in [4.69, 9.17) is 4.74 Å². The van der Waals surface area contributed by atoms with Crippen molar-refractivity contribution in [2.75, 3.05) is 11.9 Å². The predicted molar refractivity (Wildman–Crippen MR) is 97.6 cm³/mol. The van der Waals surface area contributed by atoms with Crippen molar-refractivity contribution in [2.24, 2.45) is 0 Å². The van der Waals surface area contributed by atoms with E-state index in [2.05, 4.69) is 5.32 Å². The Morgan fingerprint density at radius 1 is 1.04 bits per heavy atom. The summed E-state index contributed by atoms with van der Waals surface area (Å²) in [7, 11) is 0. The van der Waals surface area contributed by atoms with E-state index < -0.39 is 5.41 Å². The van der Waals surface area contributed by atoms with Gasteiger partial charge in [0.15, 0.2) is 6.61 Å². The molecule has 0 radical (unpaired) electrons. The number of amides is 1. The number of hydrogen-bond donors (Lipinski definition) is 1. The molecule has 0 bridgehead atoms. The molecule has 0 aliphatic heterocycles. The van der Waals surface area contributed by atoms with Crippen LogP contribution in [0, 0.1) is 20.8 Å². The second kappa shape index (κ2) is 6.71. The Labute approximate surface area is 148 Å². The number of aryl methyl sites for hydroxylation is 3. The number of benzene rings is 2. The van der Waals surface area contributed by atoms with Crippen LogP contribution in [-0.4, -0.2) is 18.5 Å². The number of carbonyl (C=O) groups is 2. The van der Waals surface area contributed by atoms with Gasteiger partial charge in [-0.05, 0) is 50.3 Å². The smallest absolute Gasteiger partial charge is 0.317 e. The van der Waals surface area contributed by atoms with Crippen LogP contribution in [0.3, 0.4) is 0 Å². The first-order valence-corrected chi connectivity index (χ1v) is 8.53. The number of anilines is 1. The van der Waals surface area contributed by atoms with Gasteiger partial charge in [0.2, 0.25) is 0 Å². The minimum Gasteiger partial charge on any atom is -0.455 e. The van der Waals surface area contributed by atoms with E-state index in [0.717, 1.165) is 40.8 Å². The Morgan fingerprint density at radius 2 is 1.64 bits per heavy atom. The minimum atomic E-state index is -0.558. The Morgan fingerprint density at radius 3 is 2.20 bits per heavy atom. The summed E-state index contributed by atoms with van der Waals surface area (Å²) in [4.78, 5) is 24.7. The lowest BCUT2D eigenvalue weighted by atomic mass is 9.96. The maximum atomic E-state index is 12.5. The summed E-state index contributed by atoms with van der Waals surface area (Å²) in [5.74, 6) is -0.626. The Hall–Kier alpha value is -2.62. The van der Waals surface area contributed by atoms with Gasteiger partial charge >= 0.3 is 5.97 Å². The summed E-state index contributed by atoms with van der Waals surface area (Å²) in [6.07, 6.45) is 1.54. The molecular formula is C21H23NO3. The summed E-state index contributed by atoms with van der Waals surface area (Å²) in [6.45, 7) is 5.67. The third kappa shape index (κ3) is 3.58. The van der Waals surface area contributed by atoms with Crippen molar-refractivity contribution in [3.63, 3.8) is 0 Å². The summed E-state index contributed by atoms with van der Waals surface area (Å²) in [6, 6.07) is 13.7. The molecule has 2 aromatic rings. The predicted octanol–water partition coefficient (Wildman–Crippen LogP) is 3.83. The number of hydrogen-bond acceptors (Lipinski definition) is 3. The van der Waals surface area contributed by atoms with E-state index >= 15 is 0 Å². The minimum absolute atomic E-state index is 0.264. The van der Waals surface area contributed by atoms with E-state index in [0.29, 0.717) is 0 Å².